The van der Waals surface area contributed by atoms with Crippen LogP contribution in [0.25, 0.3) is 11.0 Å². The Kier molecular flexibility index (Phi) is 4.50. The summed E-state index contributed by atoms with van der Waals surface area (Å²) in [4.78, 5) is 17.2. The first-order chi connectivity index (χ1) is 13.1. The van der Waals surface area contributed by atoms with Gasteiger partial charge in [0.05, 0.1) is 23.3 Å². The van der Waals surface area contributed by atoms with Crippen LogP contribution in [0.15, 0.2) is 71.3 Å². The zero-order valence-corrected chi connectivity index (χ0v) is 15.3. The lowest BCUT2D eigenvalue weighted by Crippen LogP contribution is -2.28. The van der Waals surface area contributed by atoms with Crippen LogP contribution in [-0.4, -0.2) is 15.5 Å². The highest BCUT2D eigenvalue weighted by atomic mass is 16.3. The van der Waals surface area contributed by atoms with E-state index >= 15 is 0 Å². The van der Waals surface area contributed by atoms with Crippen molar-refractivity contribution >= 4 is 16.9 Å². The summed E-state index contributed by atoms with van der Waals surface area (Å²) < 4.78 is 7.36. The van der Waals surface area contributed by atoms with Crippen LogP contribution in [0.3, 0.4) is 0 Å². The molecule has 0 spiro atoms. The number of hydrogen-bond donors (Lipinski definition) is 1. The average molecular weight is 359 g/mol. The van der Waals surface area contributed by atoms with Crippen LogP contribution in [0.4, 0.5) is 0 Å². The Morgan fingerprint density at radius 2 is 1.89 bits per heavy atom. The molecule has 0 fully saturated rings. The Morgan fingerprint density at radius 1 is 1.11 bits per heavy atom. The molecular weight excluding hydrogens is 338 g/mol. The van der Waals surface area contributed by atoms with Crippen LogP contribution in [0, 0.1) is 6.92 Å². The molecule has 0 aliphatic carbocycles. The average Bonchev–Trinajstić information content (AvgIpc) is 3.32. The third-order valence-electron chi connectivity index (χ3n) is 4.75. The quantitative estimate of drug-likeness (QED) is 0.572. The van der Waals surface area contributed by atoms with E-state index < -0.39 is 0 Å². The SMILES string of the molecule is Cc1ccccc1Cn1c([C@@H](C)NC(=O)c2ccco2)nc2ccccc21. The number of rotatable bonds is 5. The van der Waals surface area contributed by atoms with Crippen molar-refractivity contribution in [3.8, 4) is 0 Å². The van der Waals surface area contributed by atoms with Gasteiger partial charge in [0.2, 0.25) is 0 Å². The fourth-order valence-electron chi connectivity index (χ4n) is 3.29. The normalized spacial score (nSPS) is 12.2. The first-order valence-corrected chi connectivity index (χ1v) is 8.97. The van der Waals surface area contributed by atoms with E-state index in [4.69, 9.17) is 9.40 Å². The fraction of sp³-hybridized carbons (Fsp3) is 0.182. The number of fused-ring (bicyclic) bond motifs is 1. The fourth-order valence-corrected chi connectivity index (χ4v) is 3.29. The minimum absolute atomic E-state index is 0.248. The second-order valence-electron chi connectivity index (χ2n) is 6.64. The van der Waals surface area contributed by atoms with Gasteiger partial charge in [-0.05, 0) is 49.2 Å². The highest BCUT2D eigenvalue weighted by Crippen LogP contribution is 2.23. The molecule has 1 atom stereocenters. The van der Waals surface area contributed by atoms with Crippen molar-refractivity contribution in [3.05, 3.63) is 89.6 Å². The molecule has 136 valence electrons. The van der Waals surface area contributed by atoms with E-state index in [0.29, 0.717) is 12.3 Å². The van der Waals surface area contributed by atoms with E-state index in [1.165, 1.54) is 17.4 Å². The van der Waals surface area contributed by atoms with Gasteiger partial charge in [-0.1, -0.05) is 36.4 Å². The predicted molar refractivity (Wildman–Crippen MR) is 105 cm³/mol. The molecule has 5 nitrogen and oxygen atoms in total. The number of aryl methyl sites for hydroxylation is 1. The first kappa shape index (κ1) is 17.1. The summed E-state index contributed by atoms with van der Waals surface area (Å²) in [6, 6.07) is 19.4. The van der Waals surface area contributed by atoms with Gasteiger partial charge in [-0.3, -0.25) is 4.79 Å². The topological polar surface area (TPSA) is 60.1 Å². The molecule has 0 bridgehead atoms. The molecule has 4 aromatic rings. The molecule has 0 aliphatic rings. The number of carbonyl (C=O) groups is 1. The van der Waals surface area contributed by atoms with Crippen molar-refractivity contribution in [2.45, 2.75) is 26.4 Å². The number of hydrogen-bond acceptors (Lipinski definition) is 3. The van der Waals surface area contributed by atoms with Gasteiger partial charge in [-0.2, -0.15) is 0 Å². The molecule has 0 unspecified atom stereocenters. The van der Waals surface area contributed by atoms with Crippen LogP contribution in [0.2, 0.25) is 0 Å². The summed E-state index contributed by atoms with van der Waals surface area (Å²) in [5.41, 5.74) is 4.43. The van der Waals surface area contributed by atoms with Crippen LogP contribution >= 0.6 is 0 Å². The molecule has 27 heavy (non-hydrogen) atoms. The molecule has 2 aromatic heterocycles. The summed E-state index contributed by atoms with van der Waals surface area (Å²) >= 11 is 0. The van der Waals surface area contributed by atoms with Crippen LogP contribution in [-0.2, 0) is 6.54 Å². The molecule has 4 rings (SSSR count). The van der Waals surface area contributed by atoms with Crippen molar-refractivity contribution in [2.75, 3.05) is 0 Å². The van der Waals surface area contributed by atoms with Crippen molar-refractivity contribution in [1.29, 1.82) is 0 Å². The number of para-hydroxylation sites is 2. The summed E-state index contributed by atoms with van der Waals surface area (Å²) in [6.07, 6.45) is 1.49. The maximum Gasteiger partial charge on any atom is 0.287 e. The van der Waals surface area contributed by atoms with Crippen molar-refractivity contribution in [2.24, 2.45) is 0 Å². The molecule has 1 N–H and O–H groups in total. The maximum atomic E-state index is 12.4. The molecule has 5 heteroatoms. The van der Waals surface area contributed by atoms with Gasteiger partial charge in [-0.15, -0.1) is 0 Å². The summed E-state index contributed by atoms with van der Waals surface area (Å²) in [6.45, 7) is 4.75. The number of amides is 1. The van der Waals surface area contributed by atoms with Gasteiger partial charge < -0.3 is 14.3 Å². The first-order valence-electron chi connectivity index (χ1n) is 8.97. The number of nitrogens with zero attached hydrogens (tertiary/aromatic N) is 2. The van der Waals surface area contributed by atoms with Crippen LogP contribution in [0.5, 0.6) is 0 Å². The lowest BCUT2D eigenvalue weighted by atomic mass is 10.1. The van der Waals surface area contributed by atoms with Gasteiger partial charge in [0.15, 0.2) is 5.76 Å². The number of aromatic nitrogens is 2. The Bertz CT molecular complexity index is 1080. The van der Waals surface area contributed by atoms with E-state index in [0.717, 1.165) is 16.9 Å². The maximum absolute atomic E-state index is 12.4. The zero-order valence-electron chi connectivity index (χ0n) is 15.3. The molecule has 2 heterocycles. The lowest BCUT2D eigenvalue weighted by molar-refractivity contribution is 0.0909. The summed E-state index contributed by atoms with van der Waals surface area (Å²) in [7, 11) is 0. The molecule has 2 aromatic carbocycles. The third-order valence-corrected chi connectivity index (χ3v) is 4.75. The monoisotopic (exact) mass is 359 g/mol. The third kappa shape index (κ3) is 3.36. The van der Waals surface area contributed by atoms with Crippen molar-refractivity contribution < 1.29 is 9.21 Å². The molecular formula is C22H21N3O2. The Hall–Kier alpha value is -3.34. The van der Waals surface area contributed by atoms with Crippen LogP contribution in [0.1, 0.15) is 40.5 Å². The van der Waals surface area contributed by atoms with E-state index in [1.807, 2.05) is 37.3 Å². The largest absolute Gasteiger partial charge is 0.459 e. The van der Waals surface area contributed by atoms with E-state index in [-0.39, 0.29) is 11.9 Å². The van der Waals surface area contributed by atoms with Crippen molar-refractivity contribution in [3.63, 3.8) is 0 Å². The number of carbonyl (C=O) groups excluding carboxylic acids is 1. The Morgan fingerprint density at radius 3 is 2.67 bits per heavy atom. The van der Waals surface area contributed by atoms with Crippen LogP contribution < -0.4 is 5.32 Å². The smallest absolute Gasteiger partial charge is 0.287 e. The van der Waals surface area contributed by atoms with Crippen molar-refractivity contribution in [1.82, 2.24) is 14.9 Å². The summed E-state index contributed by atoms with van der Waals surface area (Å²) in [5, 5.41) is 2.98. The van der Waals surface area contributed by atoms with Gasteiger partial charge in [0.25, 0.3) is 5.91 Å². The number of nitrogens with one attached hydrogen (secondary N) is 1. The van der Waals surface area contributed by atoms with E-state index in [1.54, 1.807) is 12.1 Å². The number of benzene rings is 2. The molecule has 0 saturated carbocycles. The standard InChI is InChI=1S/C22H21N3O2/c1-15-8-3-4-9-17(15)14-25-19-11-6-5-10-18(19)24-21(25)16(2)23-22(26)20-12-7-13-27-20/h3-13,16H,14H2,1-2H3,(H,23,26)/t16-/m1/s1. The number of imidazole rings is 1. The van der Waals surface area contributed by atoms with Gasteiger partial charge in [0, 0.05) is 6.54 Å². The number of furan rings is 1. The minimum atomic E-state index is -0.265. The highest BCUT2D eigenvalue weighted by Gasteiger charge is 2.20. The van der Waals surface area contributed by atoms with Gasteiger partial charge in [-0.25, -0.2) is 4.98 Å². The van der Waals surface area contributed by atoms with Gasteiger partial charge in [0.1, 0.15) is 5.82 Å². The molecule has 0 saturated heterocycles. The second-order valence-corrected chi connectivity index (χ2v) is 6.64. The summed E-state index contributed by atoms with van der Waals surface area (Å²) in [5.74, 6) is 0.866. The molecule has 0 aliphatic heterocycles. The Balaban J connectivity index is 1.71. The van der Waals surface area contributed by atoms with Gasteiger partial charge >= 0.3 is 0 Å². The lowest BCUT2D eigenvalue weighted by Gasteiger charge is -2.17. The predicted octanol–water partition coefficient (Wildman–Crippen LogP) is 4.48. The molecule has 1 amide bonds. The Labute approximate surface area is 157 Å². The second kappa shape index (κ2) is 7.11. The van der Waals surface area contributed by atoms with E-state index in [9.17, 15) is 4.79 Å². The van der Waals surface area contributed by atoms with E-state index in [2.05, 4.69) is 35.0 Å². The molecule has 0 radical (unpaired) electrons. The zero-order chi connectivity index (χ0) is 18.8. The minimum Gasteiger partial charge on any atom is -0.459 e. The highest BCUT2D eigenvalue weighted by molar-refractivity contribution is 5.91.